The van der Waals surface area contributed by atoms with Gasteiger partial charge >= 0.3 is 0 Å². The molecule has 1 saturated heterocycles. The van der Waals surface area contributed by atoms with Crippen LogP contribution >= 0.6 is 0 Å². The third-order valence-electron chi connectivity index (χ3n) is 0.809. The van der Waals surface area contributed by atoms with Gasteiger partial charge in [-0.1, -0.05) is 5.53 Å². The summed E-state index contributed by atoms with van der Waals surface area (Å²) in [6, 6.07) is 0. The van der Waals surface area contributed by atoms with E-state index >= 15 is 0 Å². The maximum Gasteiger partial charge on any atom is 0.285 e. The van der Waals surface area contributed by atoms with Gasteiger partial charge in [0.05, 0.1) is 11.5 Å². The lowest BCUT2D eigenvalue weighted by atomic mass is 10.4. The van der Waals surface area contributed by atoms with Crippen LogP contribution < -0.4 is 11.0 Å². The Kier molecular flexibility index (Phi) is 1.21. The predicted octanol–water partition coefficient (Wildman–Crippen LogP) is -1.64. The number of hydrazine groups is 2. The van der Waals surface area contributed by atoms with Crippen LogP contribution in [0.4, 0.5) is 0 Å². The van der Waals surface area contributed by atoms with Crippen molar-refractivity contribution >= 4 is 5.78 Å². The van der Waals surface area contributed by atoms with Crippen LogP contribution in [0.1, 0.15) is 0 Å². The average Bonchev–Trinajstić information content (AvgIpc) is 1.64. The van der Waals surface area contributed by atoms with Crippen molar-refractivity contribution in [1.29, 1.82) is 0 Å². The van der Waals surface area contributed by atoms with E-state index in [1.807, 2.05) is 0 Å². The number of rotatable bonds is 0. The molecule has 0 aromatic heterocycles. The van der Waals surface area contributed by atoms with Crippen molar-refractivity contribution < 1.29 is 9.66 Å². The summed E-state index contributed by atoms with van der Waals surface area (Å²) in [5, 5.41) is 0. The molecule has 0 radical (unpaired) electrons. The number of ketones is 1. The number of carbonyl (C=O) groups excluding carboxylic acids is 1. The minimum absolute atomic E-state index is 0.0625. The predicted molar refractivity (Wildman–Crippen MR) is 24.6 cm³/mol. The van der Waals surface area contributed by atoms with Gasteiger partial charge in [-0.05, 0) is 0 Å². The van der Waals surface area contributed by atoms with Crippen molar-refractivity contribution in [3.63, 3.8) is 0 Å². The first-order valence-corrected chi connectivity index (χ1v) is 2.24. The summed E-state index contributed by atoms with van der Waals surface area (Å²) in [7, 11) is 0. The number of carbonyl (C=O) groups is 1. The van der Waals surface area contributed by atoms with Crippen LogP contribution in [-0.2, 0) is 4.79 Å². The lowest BCUT2D eigenvalue weighted by Gasteiger charge is -2.02. The molecule has 1 aliphatic heterocycles. The molecule has 5 heteroatoms. The Morgan fingerprint density at radius 1 is 1.62 bits per heavy atom. The Bertz CT molecular complexity index is 118. The van der Waals surface area contributed by atoms with E-state index in [0.29, 0.717) is 4.87 Å². The first-order chi connectivity index (χ1) is 3.79. The van der Waals surface area contributed by atoms with Crippen molar-refractivity contribution in [2.24, 2.45) is 0 Å². The van der Waals surface area contributed by atoms with E-state index in [0.717, 1.165) is 0 Å². The number of nitrogens with one attached hydrogen (secondary N) is 2. The van der Waals surface area contributed by atoms with Crippen LogP contribution in [0.5, 0.6) is 0 Å². The number of nitroso groups, excluding NO2 is 1. The monoisotopic (exact) mass is 116 g/mol. The maximum absolute atomic E-state index is 10.3. The Morgan fingerprint density at radius 2 is 2.38 bits per heavy atom. The summed E-state index contributed by atoms with van der Waals surface area (Å²) in [5.41, 5.74) is 4.62. The molecule has 1 heterocycles. The molecule has 0 spiro atoms. The van der Waals surface area contributed by atoms with Crippen LogP contribution in [0.3, 0.4) is 0 Å². The highest BCUT2D eigenvalue weighted by Crippen LogP contribution is 1.75. The molecule has 1 rings (SSSR count). The van der Waals surface area contributed by atoms with Gasteiger partial charge in [-0.25, -0.2) is 0 Å². The third kappa shape index (κ3) is 1.00. The molecular formula is C3H6N3O2+. The second-order valence-electron chi connectivity index (χ2n) is 1.54. The first kappa shape index (κ1) is 5.17. The molecule has 0 bridgehead atoms. The molecule has 8 heavy (non-hydrogen) atoms. The Hall–Kier alpha value is -0.970. The molecule has 0 aromatic carbocycles. The van der Waals surface area contributed by atoms with Gasteiger partial charge in [0.1, 0.15) is 4.87 Å². The van der Waals surface area contributed by atoms with E-state index < -0.39 is 0 Å². The number of hydrogen-bond acceptors (Lipinski definition) is 3. The Morgan fingerprint density at radius 3 is 2.75 bits per heavy atom. The Labute approximate surface area is 45.6 Å². The summed E-state index contributed by atoms with van der Waals surface area (Å²) < 4.78 is 0. The molecule has 1 aliphatic rings. The van der Waals surface area contributed by atoms with Crippen molar-refractivity contribution in [1.82, 2.24) is 11.0 Å². The van der Waals surface area contributed by atoms with Gasteiger partial charge in [-0.15, -0.1) is 0 Å². The second kappa shape index (κ2) is 1.87. The van der Waals surface area contributed by atoms with Crippen LogP contribution in [0.15, 0.2) is 0 Å². The van der Waals surface area contributed by atoms with E-state index in [1.165, 1.54) is 0 Å². The van der Waals surface area contributed by atoms with Gasteiger partial charge < -0.3 is 0 Å². The van der Waals surface area contributed by atoms with Gasteiger partial charge in [-0.2, -0.15) is 5.43 Å². The zero-order valence-corrected chi connectivity index (χ0v) is 4.18. The number of hydrogen-bond donors (Lipinski definition) is 2. The highest BCUT2D eigenvalue weighted by molar-refractivity contribution is 5.81. The maximum atomic E-state index is 10.3. The summed E-state index contributed by atoms with van der Waals surface area (Å²) in [6.07, 6.45) is 0. The van der Waals surface area contributed by atoms with E-state index in [1.54, 1.807) is 0 Å². The molecule has 0 aromatic rings. The van der Waals surface area contributed by atoms with Gasteiger partial charge in [0.2, 0.25) is 5.78 Å². The quantitative estimate of drug-likeness (QED) is 0.372. The smallest absolute Gasteiger partial charge is 0.285 e. The second-order valence-corrected chi connectivity index (χ2v) is 1.54. The largest absolute Gasteiger partial charge is 0.291 e. The molecule has 0 atom stereocenters. The molecular weight excluding hydrogens is 110 g/mol. The van der Waals surface area contributed by atoms with Crippen molar-refractivity contribution in [2.75, 3.05) is 13.1 Å². The Balaban J connectivity index is 2.45. The van der Waals surface area contributed by atoms with Crippen molar-refractivity contribution in [2.45, 2.75) is 0 Å². The van der Waals surface area contributed by atoms with Gasteiger partial charge in [0.25, 0.3) is 6.54 Å². The summed E-state index contributed by atoms with van der Waals surface area (Å²) in [6.45, 7) is 0.172. The normalized spacial score (nSPS) is 20.5. The first-order valence-electron chi connectivity index (χ1n) is 2.24. The fourth-order valence-electron chi connectivity index (χ4n) is 0.482. The minimum Gasteiger partial charge on any atom is -0.291 e. The van der Waals surface area contributed by atoms with Crippen LogP contribution in [-0.4, -0.2) is 23.7 Å². The van der Waals surface area contributed by atoms with Gasteiger partial charge in [0.15, 0.2) is 0 Å². The lowest BCUT2D eigenvalue weighted by molar-refractivity contribution is -0.611. The number of Topliss-reactive ketones (excluding diaryl/α,β-unsaturated/α-hetero) is 1. The molecule has 0 saturated carbocycles. The third-order valence-corrected chi connectivity index (χ3v) is 0.809. The van der Waals surface area contributed by atoms with Crippen molar-refractivity contribution in [3.05, 3.63) is 4.91 Å². The van der Waals surface area contributed by atoms with E-state index in [2.05, 4.69) is 11.0 Å². The molecule has 1 fully saturated rings. The zero-order valence-electron chi connectivity index (χ0n) is 4.18. The minimum atomic E-state index is -0.0984. The number of nitrogens with zero attached hydrogens (tertiary/aromatic N) is 1. The van der Waals surface area contributed by atoms with Gasteiger partial charge in [0, 0.05) is 0 Å². The molecule has 44 valence electrons. The van der Waals surface area contributed by atoms with Crippen molar-refractivity contribution in [3.8, 4) is 0 Å². The SMILES string of the molecule is O=C1CNN[N+](=O)C1. The molecule has 0 unspecified atom stereocenters. The fraction of sp³-hybridized carbons (Fsp3) is 0.667. The fourth-order valence-corrected chi connectivity index (χ4v) is 0.482. The van der Waals surface area contributed by atoms with Crippen LogP contribution in [0, 0.1) is 4.91 Å². The molecule has 2 N–H and O–H groups in total. The van der Waals surface area contributed by atoms with E-state index in [9.17, 15) is 9.70 Å². The van der Waals surface area contributed by atoms with E-state index in [-0.39, 0.29) is 18.9 Å². The van der Waals surface area contributed by atoms with Crippen LogP contribution in [0.2, 0.25) is 0 Å². The molecule has 0 amide bonds. The average molecular weight is 116 g/mol. The summed E-state index contributed by atoms with van der Waals surface area (Å²) in [5.74, 6) is -0.0984. The zero-order chi connectivity index (χ0) is 5.98. The lowest BCUT2D eigenvalue weighted by Crippen LogP contribution is -2.50. The standard InChI is InChI=1S/C3H6N3O2/c7-3-1-4-5-6(8)2-3/h4H,1-2H2,(H,5,8)/q+1. The molecule has 0 aliphatic carbocycles. The summed E-state index contributed by atoms with van der Waals surface area (Å²) in [4.78, 5) is 21.0. The van der Waals surface area contributed by atoms with Crippen LogP contribution in [0.25, 0.3) is 0 Å². The highest BCUT2D eigenvalue weighted by atomic mass is 16.3. The van der Waals surface area contributed by atoms with E-state index in [4.69, 9.17) is 0 Å². The highest BCUT2D eigenvalue weighted by Gasteiger charge is 2.20. The topological polar surface area (TPSA) is 61.2 Å². The molecule has 5 nitrogen and oxygen atoms in total. The summed E-state index contributed by atoms with van der Waals surface area (Å²) >= 11 is 0. The van der Waals surface area contributed by atoms with Gasteiger partial charge in [-0.3, -0.25) is 4.79 Å².